The topological polar surface area (TPSA) is 40.5 Å². The van der Waals surface area contributed by atoms with Gasteiger partial charge in [-0.25, -0.2) is 0 Å². The van der Waals surface area contributed by atoms with Crippen molar-refractivity contribution in [3.05, 3.63) is 69.7 Å². The number of hydrogen-bond acceptors (Lipinski definition) is 2. The van der Waals surface area contributed by atoms with Crippen LogP contribution < -0.4 is 0 Å². The average Bonchev–Trinajstić information content (AvgIpc) is 2.69. The Labute approximate surface area is 173 Å². The van der Waals surface area contributed by atoms with Gasteiger partial charge >= 0.3 is 12.1 Å². The lowest BCUT2D eigenvalue weighted by atomic mass is 9.90. The normalized spacial score (nSPS) is 19.1. The van der Waals surface area contributed by atoms with Crippen LogP contribution in [0.1, 0.15) is 48.1 Å². The average molecular weight is 426 g/mol. The van der Waals surface area contributed by atoms with E-state index < -0.39 is 29.7 Å². The van der Waals surface area contributed by atoms with Gasteiger partial charge in [0, 0.05) is 6.54 Å². The summed E-state index contributed by atoms with van der Waals surface area (Å²) in [7, 11) is 0. The molecule has 2 unspecified atom stereocenters. The Hall–Kier alpha value is -2.05. The maximum absolute atomic E-state index is 13.4. The predicted molar refractivity (Wildman–Crippen MR) is 106 cm³/mol. The summed E-state index contributed by atoms with van der Waals surface area (Å²) < 4.78 is 40.3. The zero-order chi connectivity index (χ0) is 21.2. The van der Waals surface area contributed by atoms with Crippen LogP contribution in [0.2, 0.25) is 5.02 Å². The maximum atomic E-state index is 13.4. The fourth-order valence-corrected chi connectivity index (χ4v) is 4.15. The van der Waals surface area contributed by atoms with Gasteiger partial charge in [-0.2, -0.15) is 13.2 Å². The summed E-state index contributed by atoms with van der Waals surface area (Å²) in [4.78, 5) is 13.5. The van der Waals surface area contributed by atoms with Crippen molar-refractivity contribution >= 4 is 17.6 Å². The molecule has 0 saturated carbocycles. The number of likely N-dealkylation sites (tertiary alicyclic amines) is 1. The molecule has 1 saturated heterocycles. The third kappa shape index (κ3) is 4.93. The molecule has 0 aliphatic carbocycles. The lowest BCUT2D eigenvalue weighted by molar-refractivity contribution is -0.143. The van der Waals surface area contributed by atoms with Crippen LogP contribution in [0.5, 0.6) is 0 Å². The van der Waals surface area contributed by atoms with Gasteiger partial charge in [0.1, 0.15) is 0 Å². The van der Waals surface area contributed by atoms with Crippen LogP contribution in [-0.4, -0.2) is 29.1 Å². The molecule has 0 bridgehead atoms. The number of hydrogen-bond donors (Lipinski definition) is 1. The van der Waals surface area contributed by atoms with Crippen molar-refractivity contribution in [3.8, 4) is 0 Å². The number of carboxylic acid groups (broad SMARTS) is 1. The Kier molecular flexibility index (Phi) is 6.54. The molecule has 1 heterocycles. The molecule has 3 rings (SSSR count). The Bertz CT molecular complexity index is 867. The SMILES string of the molecule is CCc1ccc(C(c2ccc(Cl)c(C(F)(F)F)c2)N2CCCC(C(=O)O)C2)cc1. The molecule has 2 atom stereocenters. The van der Waals surface area contributed by atoms with E-state index in [4.69, 9.17) is 11.6 Å². The number of carbonyl (C=O) groups is 1. The molecule has 1 fully saturated rings. The largest absolute Gasteiger partial charge is 0.481 e. The van der Waals surface area contributed by atoms with Crippen LogP contribution in [0.25, 0.3) is 0 Å². The van der Waals surface area contributed by atoms with Crippen molar-refractivity contribution in [1.29, 1.82) is 0 Å². The molecular weight excluding hydrogens is 403 g/mol. The molecule has 7 heteroatoms. The van der Waals surface area contributed by atoms with E-state index in [0.717, 1.165) is 23.6 Å². The van der Waals surface area contributed by atoms with Crippen molar-refractivity contribution in [2.24, 2.45) is 5.92 Å². The first-order chi connectivity index (χ1) is 13.7. The third-order valence-corrected chi connectivity index (χ3v) is 5.81. The van der Waals surface area contributed by atoms with Gasteiger partial charge in [-0.1, -0.05) is 48.9 Å². The summed E-state index contributed by atoms with van der Waals surface area (Å²) in [6.45, 7) is 2.94. The van der Waals surface area contributed by atoms with Gasteiger partial charge in [0.15, 0.2) is 0 Å². The van der Waals surface area contributed by atoms with Gasteiger partial charge in [0.2, 0.25) is 0 Å². The van der Waals surface area contributed by atoms with Gasteiger partial charge in [0.05, 0.1) is 22.5 Å². The van der Waals surface area contributed by atoms with E-state index in [9.17, 15) is 23.1 Å². The van der Waals surface area contributed by atoms with Crippen molar-refractivity contribution in [1.82, 2.24) is 4.90 Å². The molecule has 0 radical (unpaired) electrons. The second kappa shape index (κ2) is 8.76. The van der Waals surface area contributed by atoms with E-state index in [1.807, 2.05) is 36.1 Å². The Balaban J connectivity index is 2.06. The smallest absolute Gasteiger partial charge is 0.417 e. The first-order valence-electron chi connectivity index (χ1n) is 9.63. The third-order valence-electron chi connectivity index (χ3n) is 5.48. The van der Waals surface area contributed by atoms with Gasteiger partial charge < -0.3 is 5.11 Å². The van der Waals surface area contributed by atoms with Crippen molar-refractivity contribution < 1.29 is 23.1 Å². The molecule has 1 aliphatic heterocycles. The quantitative estimate of drug-likeness (QED) is 0.657. The summed E-state index contributed by atoms with van der Waals surface area (Å²) in [5.41, 5.74) is 1.54. The number of rotatable bonds is 5. The molecule has 2 aromatic carbocycles. The fraction of sp³-hybridized carbons (Fsp3) is 0.409. The Morgan fingerprint density at radius 1 is 1.21 bits per heavy atom. The van der Waals surface area contributed by atoms with E-state index in [0.29, 0.717) is 31.5 Å². The molecule has 2 aromatic rings. The first-order valence-corrected chi connectivity index (χ1v) is 10.0. The van der Waals surface area contributed by atoms with Crippen LogP contribution in [0.3, 0.4) is 0 Å². The van der Waals surface area contributed by atoms with Crippen molar-refractivity contribution in [2.45, 2.75) is 38.4 Å². The highest BCUT2D eigenvalue weighted by molar-refractivity contribution is 6.31. The second-order valence-corrected chi connectivity index (χ2v) is 7.81. The highest BCUT2D eigenvalue weighted by Crippen LogP contribution is 2.39. The lowest BCUT2D eigenvalue weighted by Gasteiger charge is -2.38. The standard InChI is InChI=1S/C22H23ClF3NO2/c1-2-14-5-7-15(8-6-14)20(27-11-3-4-17(13-27)21(28)29)16-9-10-19(23)18(12-16)22(24,25)26/h5-10,12,17,20H,2-4,11,13H2,1H3,(H,28,29). The van der Waals surface area contributed by atoms with Crippen molar-refractivity contribution in [2.75, 3.05) is 13.1 Å². The summed E-state index contributed by atoms with van der Waals surface area (Å²) >= 11 is 5.81. The van der Waals surface area contributed by atoms with Gasteiger partial charge in [-0.3, -0.25) is 9.69 Å². The minimum atomic E-state index is -4.56. The van der Waals surface area contributed by atoms with Gasteiger partial charge in [-0.15, -0.1) is 0 Å². The number of nitrogens with zero attached hydrogens (tertiary/aromatic N) is 1. The molecule has 1 N–H and O–H groups in total. The zero-order valence-electron chi connectivity index (χ0n) is 16.0. The minimum absolute atomic E-state index is 0.291. The number of alkyl halides is 3. The summed E-state index contributed by atoms with van der Waals surface area (Å²) in [5.74, 6) is -1.41. The summed E-state index contributed by atoms with van der Waals surface area (Å²) in [6, 6.07) is 11.2. The molecule has 0 amide bonds. The molecule has 1 aliphatic rings. The van der Waals surface area contributed by atoms with Crippen LogP contribution in [-0.2, 0) is 17.4 Å². The van der Waals surface area contributed by atoms with E-state index in [1.165, 1.54) is 6.07 Å². The van der Waals surface area contributed by atoms with E-state index in [1.54, 1.807) is 6.07 Å². The fourth-order valence-electron chi connectivity index (χ4n) is 3.92. The Morgan fingerprint density at radius 3 is 2.45 bits per heavy atom. The number of piperidine rings is 1. The summed E-state index contributed by atoms with van der Waals surface area (Å²) in [5, 5.41) is 9.10. The highest BCUT2D eigenvalue weighted by atomic mass is 35.5. The van der Waals surface area contributed by atoms with Crippen LogP contribution >= 0.6 is 11.6 Å². The van der Waals surface area contributed by atoms with E-state index in [-0.39, 0.29) is 5.02 Å². The molecule has 29 heavy (non-hydrogen) atoms. The number of aliphatic carboxylic acids is 1. The number of aryl methyl sites for hydroxylation is 1. The number of benzene rings is 2. The van der Waals surface area contributed by atoms with Gasteiger partial charge in [0.25, 0.3) is 0 Å². The predicted octanol–water partition coefficient (Wildman–Crippen LogP) is 5.81. The maximum Gasteiger partial charge on any atom is 0.417 e. The molecule has 0 aromatic heterocycles. The summed E-state index contributed by atoms with van der Waals surface area (Å²) in [6.07, 6.45) is -2.45. The van der Waals surface area contributed by atoms with Crippen LogP contribution in [0, 0.1) is 5.92 Å². The zero-order valence-corrected chi connectivity index (χ0v) is 16.8. The Morgan fingerprint density at radius 2 is 1.86 bits per heavy atom. The molecule has 3 nitrogen and oxygen atoms in total. The first kappa shape index (κ1) is 21.7. The molecular formula is C22H23ClF3NO2. The minimum Gasteiger partial charge on any atom is -0.481 e. The van der Waals surface area contributed by atoms with Gasteiger partial charge in [-0.05, 0) is 54.6 Å². The number of carboxylic acids is 1. The van der Waals surface area contributed by atoms with Crippen LogP contribution in [0.4, 0.5) is 13.2 Å². The molecule has 0 spiro atoms. The van der Waals surface area contributed by atoms with Crippen LogP contribution in [0.15, 0.2) is 42.5 Å². The van der Waals surface area contributed by atoms with Crippen molar-refractivity contribution in [3.63, 3.8) is 0 Å². The lowest BCUT2D eigenvalue weighted by Crippen LogP contribution is -2.41. The second-order valence-electron chi connectivity index (χ2n) is 7.41. The highest BCUT2D eigenvalue weighted by Gasteiger charge is 2.36. The number of halogens is 4. The van der Waals surface area contributed by atoms with E-state index in [2.05, 4.69) is 0 Å². The molecule has 156 valence electrons. The van der Waals surface area contributed by atoms with E-state index >= 15 is 0 Å². The monoisotopic (exact) mass is 425 g/mol.